The van der Waals surface area contributed by atoms with Crippen LogP contribution in [0.5, 0.6) is 5.75 Å². The number of esters is 1. The van der Waals surface area contributed by atoms with E-state index in [0.717, 1.165) is 11.1 Å². The zero-order chi connectivity index (χ0) is 21.3. The highest BCUT2D eigenvalue weighted by Gasteiger charge is 2.30. The van der Waals surface area contributed by atoms with E-state index in [1.165, 1.54) is 0 Å². The Labute approximate surface area is 169 Å². The van der Waals surface area contributed by atoms with Gasteiger partial charge in [-0.25, -0.2) is 0 Å². The van der Waals surface area contributed by atoms with Crippen molar-refractivity contribution in [3.05, 3.63) is 59.9 Å². The number of hydrogen-bond donors (Lipinski definition) is 2. The lowest BCUT2D eigenvalue weighted by molar-refractivity contribution is -0.145. The summed E-state index contributed by atoms with van der Waals surface area (Å²) in [5.74, 6) is -0.997. The molecule has 2 N–H and O–H groups in total. The standard InChI is InChI=1S/C21H25N3O5/c1-15-6-8-17(9-7-15)29-21(2,3)20(27)24-12-18(25)23-13-19(26)28-14-16-5-4-10-22-11-16/h4-11H,12-14H2,1-3H3,(H,23,25)(H,24,27). The second-order valence-electron chi connectivity index (χ2n) is 6.91. The maximum absolute atomic E-state index is 12.3. The summed E-state index contributed by atoms with van der Waals surface area (Å²) in [6.45, 7) is 4.66. The molecule has 1 heterocycles. The molecule has 8 nitrogen and oxygen atoms in total. The second kappa shape index (κ2) is 10.2. The Balaban J connectivity index is 1.69. The number of ether oxygens (including phenoxy) is 2. The lowest BCUT2D eigenvalue weighted by Crippen LogP contribution is -2.49. The Morgan fingerprint density at radius 3 is 2.41 bits per heavy atom. The molecule has 29 heavy (non-hydrogen) atoms. The molecule has 1 aromatic heterocycles. The molecular weight excluding hydrogens is 374 g/mol. The topological polar surface area (TPSA) is 107 Å². The van der Waals surface area contributed by atoms with Gasteiger partial charge in [0, 0.05) is 18.0 Å². The highest BCUT2D eigenvalue weighted by Crippen LogP contribution is 2.19. The van der Waals surface area contributed by atoms with E-state index >= 15 is 0 Å². The van der Waals surface area contributed by atoms with Crippen LogP contribution >= 0.6 is 0 Å². The molecule has 2 rings (SSSR count). The molecule has 8 heteroatoms. The van der Waals surface area contributed by atoms with Gasteiger partial charge in [0.25, 0.3) is 5.91 Å². The molecule has 0 saturated heterocycles. The predicted octanol–water partition coefficient (Wildman–Crippen LogP) is 1.52. The van der Waals surface area contributed by atoms with Gasteiger partial charge >= 0.3 is 5.97 Å². The number of nitrogens with one attached hydrogen (secondary N) is 2. The quantitative estimate of drug-likeness (QED) is 0.619. The van der Waals surface area contributed by atoms with Gasteiger partial charge in [-0.15, -0.1) is 0 Å². The summed E-state index contributed by atoms with van der Waals surface area (Å²) in [6.07, 6.45) is 3.20. The number of carbonyl (C=O) groups excluding carboxylic acids is 3. The summed E-state index contributed by atoms with van der Waals surface area (Å²) < 4.78 is 10.7. The van der Waals surface area contributed by atoms with Gasteiger partial charge in [0.05, 0.1) is 6.54 Å². The number of nitrogens with zero attached hydrogens (tertiary/aromatic N) is 1. The third-order valence-electron chi connectivity index (χ3n) is 3.90. The van der Waals surface area contributed by atoms with Gasteiger partial charge in [0.15, 0.2) is 5.60 Å². The molecule has 2 aromatic rings. The zero-order valence-electron chi connectivity index (χ0n) is 16.7. The summed E-state index contributed by atoms with van der Waals surface area (Å²) in [5.41, 5.74) is 0.656. The Bertz CT molecular complexity index is 835. The van der Waals surface area contributed by atoms with Gasteiger partial charge in [-0.1, -0.05) is 23.8 Å². The normalized spacial score (nSPS) is 10.7. The summed E-state index contributed by atoms with van der Waals surface area (Å²) in [7, 11) is 0. The van der Waals surface area contributed by atoms with Crippen molar-refractivity contribution in [3.63, 3.8) is 0 Å². The Morgan fingerprint density at radius 1 is 1.03 bits per heavy atom. The lowest BCUT2D eigenvalue weighted by Gasteiger charge is -2.25. The van der Waals surface area contributed by atoms with Crippen LogP contribution in [-0.4, -0.2) is 41.5 Å². The average Bonchev–Trinajstić information content (AvgIpc) is 2.71. The summed E-state index contributed by atoms with van der Waals surface area (Å²) in [6, 6.07) is 10.8. The van der Waals surface area contributed by atoms with E-state index < -0.39 is 23.4 Å². The number of hydrogen-bond acceptors (Lipinski definition) is 6. The molecule has 154 valence electrons. The van der Waals surface area contributed by atoms with Gasteiger partial charge < -0.3 is 20.1 Å². The first-order valence-corrected chi connectivity index (χ1v) is 9.11. The fourth-order valence-electron chi connectivity index (χ4n) is 2.25. The third kappa shape index (κ3) is 7.61. The predicted molar refractivity (Wildman–Crippen MR) is 106 cm³/mol. The first-order valence-electron chi connectivity index (χ1n) is 9.11. The van der Waals surface area contributed by atoms with Crippen LogP contribution in [0.4, 0.5) is 0 Å². The SMILES string of the molecule is Cc1ccc(OC(C)(C)C(=O)NCC(=O)NCC(=O)OCc2cccnc2)cc1. The molecule has 0 unspecified atom stereocenters. The first kappa shape index (κ1) is 21.9. The third-order valence-corrected chi connectivity index (χ3v) is 3.90. The highest BCUT2D eigenvalue weighted by molar-refractivity contribution is 5.90. The van der Waals surface area contributed by atoms with Crippen LogP contribution in [0.3, 0.4) is 0 Å². The number of pyridine rings is 1. The van der Waals surface area contributed by atoms with Crippen molar-refractivity contribution in [1.82, 2.24) is 15.6 Å². The number of carbonyl (C=O) groups is 3. The van der Waals surface area contributed by atoms with E-state index in [1.807, 2.05) is 19.1 Å². The minimum atomic E-state index is -1.17. The molecule has 0 aliphatic heterocycles. The maximum atomic E-state index is 12.3. The maximum Gasteiger partial charge on any atom is 0.325 e. The molecule has 0 spiro atoms. The highest BCUT2D eigenvalue weighted by atomic mass is 16.5. The van der Waals surface area contributed by atoms with Gasteiger partial charge in [-0.05, 0) is 39.0 Å². The Kier molecular flexibility index (Phi) is 7.70. The van der Waals surface area contributed by atoms with E-state index in [0.29, 0.717) is 5.75 Å². The van der Waals surface area contributed by atoms with Gasteiger partial charge in [0.1, 0.15) is 18.9 Å². The minimum Gasteiger partial charge on any atom is -0.478 e. The largest absolute Gasteiger partial charge is 0.478 e. The van der Waals surface area contributed by atoms with Crippen molar-refractivity contribution >= 4 is 17.8 Å². The monoisotopic (exact) mass is 399 g/mol. The van der Waals surface area contributed by atoms with E-state index in [2.05, 4.69) is 15.6 Å². The van der Waals surface area contributed by atoms with Crippen molar-refractivity contribution in [2.75, 3.05) is 13.1 Å². The van der Waals surface area contributed by atoms with E-state index in [4.69, 9.17) is 9.47 Å². The average molecular weight is 399 g/mol. The van der Waals surface area contributed by atoms with Crippen LogP contribution in [0.25, 0.3) is 0 Å². The molecule has 0 atom stereocenters. The molecule has 1 aromatic carbocycles. The summed E-state index contributed by atoms with van der Waals surface area (Å²) in [5, 5.41) is 4.90. The Morgan fingerprint density at radius 2 is 1.76 bits per heavy atom. The zero-order valence-corrected chi connectivity index (χ0v) is 16.7. The smallest absolute Gasteiger partial charge is 0.325 e. The lowest BCUT2D eigenvalue weighted by atomic mass is 10.1. The van der Waals surface area contributed by atoms with E-state index in [9.17, 15) is 14.4 Å². The number of aryl methyl sites for hydroxylation is 1. The summed E-state index contributed by atoms with van der Waals surface area (Å²) >= 11 is 0. The van der Waals surface area contributed by atoms with Gasteiger partial charge in [0.2, 0.25) is 5.91 Å². The second-order valence-corrected chi connectivity index (χ2v) is 6.91. The molecule has 0 aliphatic rings. The van der Waals surface area contributed by atoms with Gasteiger partial charge in [-0.2, -0.15) is 0 Å². The van der Waals surface area contributed by atoms with E-state index in [-0.39, 0.29) is 19.7 Å². The molecule has 0 fully saturated rings. The van der Waals surface area contributed by atoms with Crippen molar-refractivity contribution in [2.45, 2.75) is 33.0 Å². The van der Waals surface area contributed by atoms with Crippen LogP contribution in [0.15, 0.2) is 48.8 Å². The van der Waals surface area contributed by atoms with Crippen molar-refractivity contribution in [1.29, 1.82) is 0 Å². The van der Waals surface area contributed by atoms with Crippen molar-refractivity contribution < 1.29 is 23.9 Å². The fraction of sp³-hybridized carbons (Fsp3) is 0.333. The van der Waals surface area contributed by atoms with Crippen LogP contribution < -0.4 is 15.4 Å². The number of aromatic nitrogens is 1. The first-order chi connectivity index (χ1) is 13.8. The van der Waals surface area contributed by atoms with E-state index in [1.54, 1.807) is 50.5 Å². The molecule has 0 aliphatic carbocycles. The fourth-order valence-corrected chi connectivity index (χ4v) is 2.25. The molecule has 0 saturated carbocycles. The van der Waals surface area contributed by atoms with Crippen LogP contribution in [-0.2, 0) is 25.7 Å². The molecule has 0 bridgehead atoms. The number of rotatable bonds is 9. The van der Waals surface area contributed by atoms with Crippen LogP contribution in [0.2, 0.25) is 0 Å². The Hall–Kier alpha value is -3.42. The minimum absolute atomic E-state index is 0.0732. The van der Waals surface area contributed by atoms with Crippen molar-refractivity contribution in [3.8, 4) is 5.75 Å². The van der Waals surface area contributed by atoms with Crippen LogP contribution in [0, 0.1) is 6.92 Å². The summed E-state index contributed by atoms with van der Waals surface area (Å²) in [4.78, 5) is 39.8. The molecule has 0 radical (unpaired) electrons. The van der Waals surface area contributed by atoms with Gasteiger partial charge in [-0.3, -0.25) is 19.4 Å². The number of benzene rings is 1. The van der Waals surface area contributed by atoms with Crippen LogP contribution in [0.1, 0.15) is 25.0 Å². The molecular formula is C21H25N3O5. The number of amides is 2. The molecule has 2 amide bonds. The van der Waals surface area contributed by atoms with Crippen molar-refractivity contribution in [2.24, 2.45) is 0 Å².